The fraction of sp³-hybridized carbons (Fsp3) is 0.364. The lowest BCUT2D eigenvalue weighted by molar-refractivity contribution is -0.142. The van der Waals surface area contributed by atoms with Gasteiger partial charge < -0.3 is 42.6 Å². The SMILES string of the molecule is CC(NC(=O)C(CC(N)=O)NC(=O)C(N)CC(=O)O)C(=O)NC(Cc1c[nH]c2ccccc12)C(=O)O. The lowest BCUT2D eigenvalue weighted by atomic mass is 10.0. The van der Waals surface area contributed by atoms with Gasteiger partial charge in [-0.2, -0.15) is 0 Å². The molecule has 0 fully saturated rings. The van der Waals surface area contributed by atoms with E-state index in [9.17, 15) is 33.9 Å². The van der Waals surface area contributed by atoms with E-state index in [1.165, 1.54) is 6.92 Å². The Bertz CT molecular complexity index is 1160. The molecule has 0 saturated heterocycles. The molecule has 36 heavy (non-hydrogen) atoms. The summed E-state index contributed by atoms with van der Waals surface area (Å²) in [5, 5.41) is 25.9. The van der Waals surface area contributed by atoms with Crippen molar-refractivity contribution in [2.45, 2.75) is 50.4 Å². The number of amides is 4. The van der Waals surface area contributed by atoms with Gasteiger partial charge >= 0.3 is 11.9 Å². The van der Waals surface area contributed by atoms with Gasteiger partial charge in [0.1, 0.15) is 18.1 Å². The van der Waals surface area contributed by atoms with Crippen LogP contribution in [0.3, 0.4) is 0 Å². The van der Waals surface area contributed by atoms with Gasteiger partial charge in [-0.3, -0.25) is 24.0 Å². The van der Waals surface area contributed by atoms with Crippen LogP contribution in [0.25, 0.3) is 10.9 Å². The molecule has 1 aromatic heterocycles. The summed E-state index contributed by atoms with van der Waals surface area (Å²) >= 11 is 0. The van der Waals surface area contributed by atoms with Gasteiger partial charge in [0.15, 0.2) is 0 Å². The van der Waals surface area contributed by atoms with Crippen LogP contribution in [0.5, 0.6) is 0 Å². The maximum Gasteiger partial charge on any atom is 0.326 e. The number of hydrogen-bond donors (Lipinski definition) is 8. The third-order valence-corrected chi connectivity index (χ3v) is 5.24. The second-order valence-corrected chi connectivity index (χ2v) is 8.13. The van der Waals surface area contributed by atoms with E-state index in [1.54, 1.807) is 18.3 Å². The van der Waals surface area contributed by atoms with Crippen molar-refractivity contribution in [1.29, 1.82) is 0 Å². The summed E-state index contributed by atoms with van der Waals surface area (Å²) in [5.74, 6) is -6.42. The standard InChI is InChI=1S/C22H28N6O8/c1-10(26-21(34)15(8-17(24)29)27-20(33)13(23)7-18(30)31)19(32)28-16(22(35)36)6-11-9-25-14-5-3-2-4-12(11)14/h2-5,9-10,13,15-16,25H,6-8,23H2,1H3,(H2,24,29)(H,26,34)(H,27,33)(H,28,32)(H,30,31)(H,35,36). The normalized spacial score (nSPS) is 14.2. The molecule has 1 heterocycles. The third kappa shape index (κ3) is 7.80. The molecule has 194 valence electrons. The zero-order chi connectivity index (χ0) is 27.0. The highest BCUT2D eigenvalue weighted by molar-refractivity contribution is 5.96. The second kappa shape index (κ2) is 12.3. The smallest absolute Gasteiger partial charge is 0.326 e. The number of para-hydroxylation sites is 1. The topological polar surface area (TPSA) is 247 Å². The van der Waals surface area contributed by atoms with Crippen LogP contribution in [0.1, 0.15) is 25.3 Å². The van der Waals surface area contributed by atoms with Crippen LogP contribution in [-0.2, 0) is 35.2 Å². The van der Waals surface area contributed by atoms with Crippen molar-refractivity contribution >= 4 is 46.5 Å². The quantitative estimate of drug-likeness (QED) is 0.149. The second-order valence-electron chi connectivity index (χ2n) is 8.13. The zero-order valence-corrected chi connectivity index (χ0v) is 19.3. The summed E-state index contributed by atoms with van der Waals surface area (Å²) in [4.78, 5) is 74.2. The molecule has 14 heteroatoms. The lowest BCUT2D eigenvalue weighted by Crippen LogP contribution is -2.57. The predicted octanol–water partition coefficient (Wildman–Crippen LogP) is -2.05. The molecular formula is C22H28N6O8. The lowest BCUT2D eigenvalue weighted by Gasteiger charge is -2.22. The average Bonchev–Trinajstić information content (AvgIpc) is 3.19. The Morgan fingerprint density at radius 3 is 2.17 bits per heavy atom. The van der Waals surface area contributed by atoms with Gasteiger partial charge in [0.05, 0.1) is 18.9 Å². The van der Waals surface area contributed by atoms with Crippen molar-refractivity contribution in [3.63, 3.8) is 0 Å². The van der Waals surface area contributed by atoms with E-state index in [1.807, 2.05) is 12.1 Å². The minimum absolute atomic E-state index is 0.0342. The van der Waals surface area contributed by atoms with Gasteiger partial charge in [-0.25, -0.2) is 4.79 Å². The molecule has 2 aromatic rings. The van der Waals surface area contributed by atoms with Gasteiger partial charge in [-0.1, -0.05) is 18.2 Å². The number of aromatic nitrogens is 1. The number of fused-ring (bicyclic) bond motifs is 1. The first-order valence-corrected chi connectivity index (χ1v) is 10.8. The molecule has 10 N–H and O–H groups in total. The summed E-state index contributed by atoms with van der Waals surface area (Å²) in [6.07, 6.45) is 0.240. The number of rotatable bonds is 13. The number of carbonyl (C=O) groups excluding carboxylic acids is 4. The maximum absolute atomic E-state index is 12.6. The van der Waals surface area contributed by atoms with Crippen LogP contribution in [-0.4, -0.2) is 74.9 Å². The first-order chi connectivity index (χ1) is 16.9. The molecule has 0 aliphatic carbocycles. The van der Waals surface area contributed by atoms with Crippen LogP contribution in [0.15, 0.2) is 30.5 Å². The minimum atomic E-state index is -1.54. The van der Waals surface area contributed by atoms with Gasteiger partial charge in [-0.05, 0) is 18.6 Å². The summed E-state index contributed by atoms with van der Waals surface area (Å²) in [6, 6.07) is 1.63. The summed E-state index contributed by atoms with van der Waals surface area (Å²) < 4.78 is 0. The molecule has 0 saturated carbocycles. The van der Waals surface area contributed by atoms with Crippen molar-refractivity contribution in [2.24, 2.45) is 11.5 Å². The molecule has 1 aromatic carbocycles. The Kier molecular flexibility index (Phi) is 9.50. The number of aromatic amines is 1. The Balaban J connectivity index is 2.04. The fourth-order valence-corrected chi connectivity index (χ4v) is 3.37. The van der Waals surface area contributed by atoms with Gasteiger partial charge in [0, 0.05) is 23.5 Å². The molecular weight excluding hydrogens is 476 g/mol. The van der Waals surface area contributed by atoms with Crippen molar-refractivity contribution in [3.8, 4) is 0 Å². The number of H-pyrrole nitrogens is 1. The number of hydrogen-bond acceptors (Lipinski definition) is 7. The van der Waals surface area contributed by atoms with E-state index in [4.69, 9.17) is 16.6 Å². The van der Waals surface area contributed by atoms with Crippen molar-refractivity contribution in [3.05, 3.63) is 36.0 Å². The van der Waals surface area contributed by atoms with Gasteiger partial charge in [0.2, 0.25) is 23.6 Å². The maximum atomic E-state index is 12.6. The monoisotopic (exact) mass is 504 g/mol. The summed E-state index contributed by atoms with van der Waals surface area (Å²) in [7, 11) is 0. The van der Waals surface area contributed by atoms with E-state index in [0.717, 1.165) is 10.9 Å². The van der Waals surface area contributed by atoms with Crippen LogP contribution >= 0.6 is 0 Å². The number of carbonyl (C=O) groups is 6. The minimum Gasteiger partial charge on any atom is -0.481 e. The summed E-state index contributed by atoms with van der Waals surface area (Å²) in [6.45, 7) is 1.27. The molecule has 0 radical (unpaired) electrons. The molecule has 0 aliphatic rings. The highest BCUT2D eigenvalue weighted by Crippen LogP contribution is 2.19. The number of benzene rings is 1. The molecule has 4 unspecified atom stereocenters. The average molecular weight is 505 g/mol. The zero-order valence-electron chi connectivity index (χ0n) is 19.3. The van der Waals surface area contributed by atoms with E-state index in [0.29, 0.717) is 5.56 Å². The molecule has 0 aliphatic heterocycles. The Morgan fingerprint density at radius 1 is 0.917 bits per heavy atom. The van der Waals surface area contributed by atoms with E-state index in [2.05, 4.69) is 20.9 Å². The molecule has 4 amide bonds. The Labute approximate surface area is 204 Å². The molecule has 2 rings (SSSR count). The largest absolute Gasteiger partial charge is 0.481 e. The first kappa shape index (κ1) is 27.8. The highest BCUT2D eigenvalue weighted by atomic mass is 16.4. The molecule has 4 atom stereocenters. The predicted molar refractivity (Wildman–Crippen MR) is 125 cm³/mol. The van der Waals surface area contributed by atoms with E-state index < -0.39 is 72.6 Å². The van der Waals surface area contributed by atoms with E-state index in [-0.39, 0.29) is 6.42 Å². The molecule has 0 spiro atoms. The number of primary amides is 1. The Morgan fingerprint density at radius 2 is 1.56 bits per heavy atom. The molecule has 14 nitrogen and oxygen atoms in total. The fourth-order valence-electron chi connectivity index (χ4n) is 3.37. The van der Waals surface area contributed by atoms with Gasteiger partial charge in [-0.15, -0.1) is 0 Å². The number of carboxylic acid groups (broad SMARTS) is 2. The van der Waals surface area contributed by atoms with Gasteiger partial charge in [0.25, 0.3) is 0 Å². The van der Waals surface area contributed by atoms with E-state index >= 15 is 0 Å². The number of nitrogens with two attached hydrogens (primary N) is 2. The number of nitrogens with one attached hydrogen (secondary N) is 4. The Hall–Kier alpha value is -4.46. The van der Waals surface area contributed by atoms with Crippen LogP contribution in [0.4, 0.5) is 0 Å². The van der Waals surface area contributed by atoms with Crippen LogP contribution in [0, 0.1) is 0 Å². The van der Waals surface area contributed by atoms with Crippen LogP contribution in [0.2, 0.25) is 0 Å². The number of carboxylic acids is 2. The van der Waals surface area contributed by atoms with Crippen LogP contribution < -0.4 is 27.4 Å². The first-order valence-electron chi connectivity index (χ1n) is 10.8. The van der Waals surface area contributed by atoms with Crippen molar-refractivity contribution in [2.75, 3.05) is 0 Å². The molecule has 0 bridgehead atoms. The van der Waals surface area contributed by atoms with Crippen molar-refractivity contribution in [1.82, 2.24) is 20.9 Å². The third-order valence-electron chi connectivity index (χ3n) is 5.24. The number of aliphatic carboxylic acids is 2. The highest BCUT2D eigenvalue weighted by Gasteiger charge is 2.30. The van der Waals surface area contributed by atoms with Crippen molar-refractivity contribution < 1.29 is 39.0 Å². The summed E-state index contributed by atoms with van der Waals surface area (Å²) in [5.41, 5.74) is 12.0.